The van der Waals surface area contributed by atoms with Gasteiger partial charge in [0.25, 0.3) is 11.6 Å². The SMILES string of the molecule is N#Cc1ccccc1-c1ccccc1C(=O)Nc1ccc([N+](=O)[O-])cc1. The van der Waals surface area contributed by atoms with Crippen molar-refractivity contribution in [3.05, 3.63) is 94.0 Å². The first kappa shape index (κ1) is 16.9. The highest BCUT2D eigenvalue weighted by atomic mass is 16.6. The summed E-state index contributed by atoms with van der Waals surface area (Å²) in [6, 6.07) is 21.8. The predicted molar refractivity (Wildman–Crippen MR) is 97.6 cm³/mol. The van der Waals surface area contributed by atoms with Gasteiger partial charge in [0, 0.05) is 28.9 Å². The number of benzene rings is 3. The van der Waals surface area contributed by atoms with Crippen LogP contribution in [-0.2, 0) is 0 Å². The van der Waals surface area contributed by atoms with E-state index >= 15 is 0 Å². The lowest BCUT2D eigenvalue weighted by atomic mass is 9.95. The fourth-order valence-corrected chi connectivity index (χ4v) is 2.60. The summed E-state index contributed by atoms with van der Waals surface area (Å²) in [6.07, 6.45) is 0. The third-order valence-corrected chi connectivity index (χ3v) is 3.85. The summed E-state index contributed by atoms with van der Waals surface area (Å²) in [7, 11) is 0. The molecule has 0 saturated heterocycles. The molecule has 6 nitrogen and oxygen atoms in total. The fraction of sp³-hybridized carbons (Fsp3) is 0. The topological polar surface area (TPSA) is 96.0 Å². The molecule has 0 saturated carbocycles. The highest BCUT2D eigenvalue weighted by molar-refractivity contribution is 6.09. The van der Waals surface area contributed by atoms with Crippen LogP contribution in [-0.4, -0.2) is 10.8 Å². The molecule has 0 aliphatic carbocycles. The van der Waals surface area contributed by atoms with E-state index in [1.807, 2.05) is 0 Å². The maximum absolute atomic E-state index is 12.7. The van der Waals surface area contributed by atoms with Gasteiger partial charge in [0.15, 0.2) is 0 Å². The van der Waals surface area contributed by atoms with E-state index in [0.717, 1.165) is 0 Å². The Labute approximate surface area is 149 Å². The van der Waals surface area contributed by atoms with Crippen molar-refractivity contribution in [3.8, 4) is 17.2 Å². The first-order chi connectivity index (χ1) is 12.6. The lowest BCUT2D eigenvalue weighted by molar-refractivity contribution is -0.384. The summed E-state index contributed by atoms with van der Waals surface area (Å²) in [5, 5.41) is 22.7. The molecule has 26 heavy (non-hydrogen) atoms. The molecule has 1 N–H and O–H groups in total. The normalized spacial score (nSPS) is 9.96. The van der Waals surface area contributed by atoms with E-state index in [-0.39, 0.29) is 11.6 Å². The number of non-ortho nitro benzene ring substituents is 1. The number of hydrogen-bond acceptors (Lipinski definition) is 4. The maximum atomic E-state index is 12.7. The molecule has 0 spiro atoms. The summed E-state index contributed by atoms with van der Waals surface area (Å²) in [4.78, 5) is 22.9. The van der Waals surface area contributed by atoms with Crippen molar-refractivity contribution in [2.24, 2.45) is 0 Å². The van der Waals surface area contributed by atoms with E-state index in [1.54, 1.807) is 48.5 Å². The van der Waals surface area contributed by atoms with Gasteiger partial charge in [-0.2, -0.15) is 5.26 Å². The molecular weight excluding hydrogens is 330 g/mol. The summed E-state index contributed by atoms with van der Waals surface area (Å²) in [6.45, 7) is 0. The Hall–Kier alpha value is -3.98. The Bertz CT molecular complexity index is 1020. The summed E-state index contributed by atoms with van der Waals surface area (Å²) in [5.41, 5.74) is 2.60. The van der Waals surface area contributed by atoms with Crippen LogP contribution in [0.2, 0.25) is 0 Å². The molecule has 3 rings (SSSR count). The van der Waals surface area contributed by atoms with Gasteiger partial charge in [-0.15, -0.1) is 0 Å². The van der Waals surface area contributed by atoms with Gasteiger partial charge in [-0.25, -0.2) is 0 Å². The molecule has 0 heterocycles. The van der Waals surface area contributed by atoms with Crippen LogP contribution in [0.5, 0.6) is 0 Å². The van der Waals surface area contributed by atoms with E-state index in [4.69, 9.17) is 0 Å². The van der Waals surface area contributed by atoms with Gasteiger partial charge in [0.1, 0.15) is 0 Å². The van der Waals surface area contributed by atoms with Gasteiger partial charge < -0.3 is 5.32 Å². The van der Waals surface area contributed by atoms with Crippen molar-refractivity contribution in [3.63, 3.8) is 0 Å². The molecule has 0 aromatic heterocycles. The van der Waals surface area contributed by atoms with E-state index in [0.29, 0.717) is 27.9 Å². The van der Waals surface area contributed by atoms with Crippen molar-refractivity contribution < 1.29 is 9.72 Å². The van der Waals surface area contributed by atoms with Gasteiger partial charge >= 0.3 is 0 Å². The fourth-order valence-electron chi connectivity index (χ4n) is 2.60. The van der Waals surface area contributed by atoms with E-state index in [2.05, 4.69) is 11.4 Å². The lowest BCUT2D eigenvalue weighted by Crippen LogP contribution is -2.13. The molecule has 0 radical (unpaired) electrons. The van der Waals surface area contributed by atoms with E-state index in [9.17, 15) is 20.2 Å². The van der Waals surface area contributed by atoms with Crippen LogP contribution in [0.4, 0.5) is 11.4 Å². The number of carbonyl (C=O) groups is 1. The molecule has 126 valence electrons. The zero-order valence-electron chi connectivity index (χ0n) is 13.5. The Morgan fingerprint density at radius 1 is 0.923 bits per heavy atom. The average Bonchev–Trinajstić information content (AvgIpc) is 2.68. The number of hydrogen-bond donors (Lipinski definition) is 1. The number of anilines is 1. The van der Waals surface area contributed by atoms with Gasteiger partial charge in [-0.05, 0) is 29.8 Å². The largest absolute Gasteiger partial charge is 0.322 e. The summed E-state index contributed by atoms with van der Waals surface area (Å²) in [5.74, 6) is -0.359. The molecule has 1 amide bonds. The molecule has 3 aromatic carbocycles. The van der Waals surface area contributed by atoms with Crippen LogP contribution < -0.4 is 5.32 Å². The summed E-state index contributed by atoms with van der Waals surface area (Å²) >= 11 is 0. The van der Waals surface area contributed by atoms with E-state index in [1.165, 1.54) is 24.3 Å². The highest BCUT2D eigenvalue weighted by Gasteiger charge is 2.15. The van der Waals surface area contributed by atoms with Crippen LogP contribution >= 0.6 is 0 Å². The van der Waals surface area contributed by atoms with Crippen LogP contribution in [0.15, 0.2) is 72.8 Å². The van der Waals surface area contributed by atoms with Crippen LogP contribution in [0.1, 0.15) is 15.9 Å². The third kappa shape index (κ3) is 3.42. The van der Waals surface area contributed by atoms with Crippen LogP contribution in [0.3, 0.4) is 0 Å². The van der Waals surface area contributed by atoms with Crippen molar-refractivity contribution in [1.82, 2.24) is 0 Å². The number of nitro benzene ring substituents is 1. The van der Waals surface area contributed by atoms with Crippen LogP contribution in [0, 0.1) is 21.4 Å². The smallest absolute Gasteiger partial charge is 0.269 e. The first-order valence-corrected chi connectivity index (χ1v) is 7.74. The van der Waals surface area contributed by atoms with Crippen molar-refractivity contribution in [2.75, 3.05) is 5.32 Å². The number of nitrogens with one attached hydrogen (secondary N) is 1. The van der Waals surface area contributed by atoms with E-state index < -0.39 is 4.92 Å². The quantitative estimate of drug-likeness (QED) is 0.561. The Balaban J connectivity index is 1.94. The van der Waals surface area contributed by atoms with Crippen molar-refractivity contribution >= 4 is 17.3 Å². The van der Waals surface area contributed by atoms with Gasteiger partial charge in [0.05, 0.1) is 16.6 Å². The molecule has 0 aliphatic rings. The maximum Gasteiger partial charge on any atom is 0.269 e. The number of amides is 1. The minimum absolute atomic E-state index is 0.0497. The standard InChI is InChI=1S/C20H13N3O3/c21-13-14-5-1-2-6-17(14)18-7-3-4-8-19(18)20(24)22-15-9-11-16(12-10-15)23(25)26/h1-12H,(H,22,24). The molecule has 0 aliphatic heterocycles. The average molecular weight is 343 g/mol. The van der Waals surface area contributed by atoms with Crippen LogP contribution in [0.25, 0.3) is 11.1 Å². The van der Waals surface area contributed by atoms with Crippen molar-refractivity contribution in [2.45, 2.75) is 0 Å². The third-order valence-electron chi connectivity index (χ3n) is 3.85. The van der Waals surface area contributed by atoms with Gasteiger partial charge in [-0.3, -0.25) is 14.9 Å². The number of nitro groups is 1. The molecule has 0 fully saturated rings. The molecule has 0 bridgehead atoms. The second kappa shape index (κ2) is 7.28. The predicted octanol–water partition coefficient (Wildman–Crippen LogP) is 4.39. The number of nitriles is 1. The number of carbonyl (C=O) groups excluding carboxylic acids is 1. The second-order valence-corrected chi connectivity index (χ2v) is 5.46. The highest BCUT2D eigenvalue weighted by Crippen LogP contribution is 2.27. The van der Waals surface area contributed by atoms with Gasteiger partial charge in [0.2, 0.25) is 0 Å². The number of nitrogens with zero attached hydrogens (tertiary/aromatic N) is 2. The Morgan fingerprint density at radius 2 is 1.54 bits per heavy atom. The van der Waals surface area contributed by atoms with Gasteiger partial charge in [-0.1, -0.05) is 36.4 Å². The minimum Gasteiger partial charge on any atom is -0.322 e. The zero-order valence-corrected chi connectivity index (χ0v) is 13.5. The molecule has 3 aromatic rings. The minimum atomic E-state index is -0.500. The molecular formula is C20H13N3O3. The number of rotatable bonds is 4. The molecule has 0 unspecified atom stereocenters. The Morgan fingerprint density at radius 3 is 2.19 bits per heavy atom. The lowest BCUT2D eigenvalue weighted by Gasteiger charge is -2.11. The van der Waals surface area contributed by atoms with Crippen molar-refractivity contribution in [1.29, 1.82) is 5.26 Å². The first-order valence-electron chi connectivity index (χ1n) is 7.74. The second-order valence-electron chi connectivity index (χ2n) is 5.46. The monoisotopic (exact) mass is 343 g/mol. The molecule has 0 atom stereocenters. The Kier molecular flexibility index (Phi) is 4.72. The zero-order chi connectivity index (χ0) is 18.5. The molecule has 6 heteroatoms. The summed E-state index contributed by atoms with van der Waals surface area (Å²) < 4.78 is 0.